The van der Waals surface area contributed by atoms with Crippen molar-refractivity contribution in [3.63, 3.8) is 0 Å². The van der Waals surface area contributed by atoms with Gasteiger partial charge in [0, 0.05) is 65.3 Å². The van der Waals surface area contributed by atoms with Crippen molar-refractivity contribution in [2.45, 2.75) is 86.5 Å². The summed E-state index contributed by atoms with van der Waals surface area (Å²) in [7, 11) is -2.84. The van der Waals surface area contributed by atoms with E-state index >= 15 is 0 Å². The number of nitriles is 1. The molecule has 1 atom stereocenters. The minimum atomic E-state index is -2.84. The first kappa shape index (κ1) is 44.7. The van der Waals surface area contributed by atoms with E-state index in [0.717, 1.165) is 35.5 Å². The number of aryl methyl sites for hydroxylation is 1. The normalized spacial score (nSPS) is 13.8. The Morgan fingerprint density at radius 3 is 2.51 bits per heavy atom. The van der Waals surface area contributed by atoms with E-state index in [1.165, 1.54) is 42.2 Å². The highest BCUT2D eigenvalue weighted by molar-refractivity contribution is 7.91. The molecule has 0 saturated carbocycles. The molecule has 5 rings (SSSR count). The summed E-state index contributed by atoms with van der Waals surface area (Å²) < 4.78 is 47.0. The first-order chi connectivity index (χ1) is 26.0. The summed E-state index contributed by atoms with van der Waals surface area (Å²) in [5, 5.41) is 9.27. The van der Waals surface area contributed by atoms with E-state index in [4.69, 9.17) is 25.2 Å². The number of thiazole rings is 1. The first-order valence-electron chi connectivity index (χ1n) is 18.4. The molecule has 12 nitrogen and oxygen atoms in total. The molecular weight excluding hydrogens is 742 g/mol. The second kappa shape index (κ2) is 20.3. The molecule has 2 amide bonds. The molecule has 2 aromatic heterocycles. The molecule has 55 heavy (non-hydrogen) atoms. The SMILES string of the molecule is CC.CCC(C)(C)OCCC(C)C.CS(=N)(=O)CCn1c(C(=O)N2CC=C(c3cnc(OCc4ccc(C#N)cc4F)s3)CC2)nc2ccc(C(N)=O)cc21. The van der Waals surface area contributed by atoms with Crippen LogP contribution in [0.15, 0.2) is 48.7 Å². The lowest BCUT2D eigenvalue weighted by atomic mass is 10.1. The summed E-state index contributed by atoms with van der Waals surface area (Å²) in [6.07, 6.45) is 7.76. The molecule has 15 heteroatoms. The van der Waals surface area contributed by atoms with Gasteiger partial charge in [-0.25, -0.2) is 14.4 Å². The third-order valence-electron chi connectivity index (χ3n) is 8.80. The van der Waals surface area contributed by atoms with Crippen LogP contribution in [0.25, 0.3) is 16.6 Å². The van der Waals surface area contributed by atoms with Gasteiger partial charge in [-0.2, -0.15) is 5.26 Å². The van der Waals surface area contributed by atoms with Crippen LogP contribution in [0.4, 0.5) is 4.39 Å². The minimum Gasteiger partial charge on any atom is -0.465 e. The van der Waals surface area contributed by atoms with Crippen molar-refractivity contribution in [2.24, 2.45) is 11.7 Å². The van der Waals surface area contributed by atoms with Gasteiger partial charge in [0.1, 0.15) is 12.4 Å². The Kier molecular flexibility index (Phi) is 16.5. The molecule has 2 aromatic carbocycles. The first-order valence-corrected chi connectivity index (χ1v) is 21.4. The van der Waals surface area contributed by atoms with Gasteiger partial charge in [0.15, 0.2) is 5.82 Å². The maximum atomic E-state index is 14.2. The highest BCUT2D eigenvalue weighted by Crippen LogP contribution is 2.32. The van der Waals surface area contributed by atoms with Gasteiger partial charge in [-0.05, 0) is 74.9 Å². The van der Waals surface area contributed by atoms with Crippen molar-refractivity contribution >= 4 is 49.5 Å². The van der Waals surface area contributed by atoms with Crippen LogP contribution in [0.2, 0.25) is 0 Å². The molecule has 4 aromatic rings. The molecule has 0 saturated heterocycles. The molecule has 0 bridgehead atoms. The van der Waals surface area contributed by atoms with E-state index in [-0.39, 0.29) is 47.4 Å². The molecule has 298 valence electrons. The van der Waals surface area contributed by atoms with Gasteiger partial charge in [-0.15, -0.1) is 0 Å². The van der Waals surface area contributed by atoms with Crippen LogP contribution < -0.4 is 10.5 Å². The van der Waals surface area contributed by atoms with Crippen LogP contribution >= 0.6 is 11.3 Å². The van der Waals surface area contributed by atoms with E-state index < -0.39 is 21.5 Å². The van der Waals surface area contributed by atoms with Crippen molar-refractivity contribution in [1.82, 2.24) is 19.4 Å². The summed E-state index contributed by atoms with van der Waals surface area (Å²) in [5.74, 6) is -0.567. The zero-order chi connectivity index (χ0) is 40.9. The smallest absolute Gasteiger partial charge is 0.290 e. The molecule has 1 aliphatic rings. The van der Waals surface area contributed by atoms with Gasteiger partial charge in [-0.3, -0.25) is 18.6 Å². The minimum absolute atomic E-state index is 0.0111. The number of primary amides is 1. The van der Waals surface area contributed by atoms with Crippen LogP contribution in [0.3, 0.4) is 0 Å². The quantitative estimate of drug-likeness (QED) is 0.129. The number of nitrogens with two attached hydrogens (primary N) is 1. The molecule has 0 radical (unpaired) electrons. The van der Waals surface area contributed by atoms with E-state index in [9.17, 15) is 18.2 Å². The van der Waals surface area contributed by atoms with E-state index in [1.54, 1.807) is 27.8 Å². The topological polar surface area (TPSA) is 177 Å². The maximum absolute atomic E-state index is 14.2. The Labute approximate surface area is 328 Å². The summed E-state index contributed by atoms with van der Waals surface area (Å²) in [6.45, 7) is 16.6. The number of imidazole rings is 1. The number of nitrogens with one attached hydrogen (secondary N) is 1. The number of benzene rings is 2. The second-order valence-corrected chi connectivity index (χ2v) is 17.3. The van der Waals surface area contributed by atoms with Gasteiger partial charge in [0.25, 0.3) is 11.1 Å². The van der Waals surface area contributed by atoms with Crippen LogP contribution in [0.5, 0.6) is 5.19 Å². The van der Waals surface area contributed by atoms with Crippen LogP contribution in [-0.4, -0.2) is 72.8 Å². The zero-order valence-electron chi connectivity index (χ0n) is 33.1. The van der Waals surface area contributed by atoms with Crippen molar-refractivity contribution in [1.29, 1.82) is 10.0 Å². The van der Waals surface area contributed by atoms with Crippen LogP contribution in [0, 0.1) is 27.8 Å². The van der Waals surface area contributed by atoms with Gasteiger partial charge in [-0.1, -0.05) is 58.1 Å². The fourth-order valence-electron chi connectivity index (χ4n) is 5.17. The molecule has 3 N–H and O–H groups in total. The zero-order valence-corrected chi connectivity index (χ0v) is 34.7. The van der Waals surface area contributed by atoms with E-state index in [2.05, 4.69) is 44.6 Å². The molecular formula is C40H54FN7O5S2. The average Bonchev–Trinajstić information content (AvgIpc) is 3.78. The van der Waals surface area contributed by atoms with Gasteiger partial charge in [0.2, 0.25) is 5.91 Å². The number of fused-ring (bicyclic) bond motifs is 1. The second-order valence-electron chi connectivity index (χ2n) is 13.9. The number of rotatable bonds is 14. The van der Waals surface area contributed by atoms with Crippen LogP contribution in [-0.2, 0) is 27.6 Å². The largest absolute Gasteiger partial charge is 0.465 e. The lowest BCUT2D eigenvalue weighted by Crippen LogP contribution is -2.36. The average molecular weight is 796 g/mol. The van der Waals surface area contributed by atoms with Crippen molar-refractivity contribution in [2.75, 3.05) is 31.7 Å². The number of hydrogen-bond donors (Lipinski definition) is 2. The predicted octanol–water partition coefficient (Wildman–Crippen LogP) is 8.05. The third-order valence-corrected chi connectivity index (χ3v) is 10.7. The number of carbonyl (C=O) groups excluding carboxylic acids is 2. The number of nitrogens with zero attached hydrogens (tertiary/aromatic N) is 5. The van der Waals surface area contributed by atoms with Gasteiger partial charge >= 0.3 is 0 Å². The lowest BCUT2D eigenvalue weighted by Gasteiger charge is -2.26. The van der Waals surface area contributed by atoms with Crippen molar-refractivity contribution < 1.29 is 27.7 Å². The van der Waals surface area contributed by atoms with E-state index in [1.807, 2.05) is 26.0 Å². The fourth-order valence-corrected chi connectivity index (χ4v) is 6.53. The summed E-state index contributed by atoms with van der Waals surface area (Å²) in [5.41, 5.74) is 8.32. The Bertz CT molecular complexity index is 2120. The van der Waals surface area contributed by atoms with Crippen LogP contribution in [0.1, 0.15) is 105 Å². The fraction of sp³-hybridized carbons (Fsp3) is 0.475. The Hall–Kier alpha value is -4.65. The molecule has 1 unspecified atom stereocenters. The Morgan fingerprint density at radius 2 is 1.93 bits per heavy atom. The van der Waals surface area contributed by atoms with E-state index in [0.29, 0.717) is 41.3 Å². The highest BCUT2D eigenvalue weighted by atomic mass is 32.2. The van der Waals surface area contributed by atoms with Crippen molar-refractivity contribution in [3.8, 4) is 11.3 Å². The molecule has 3 heterocycles. The molecule has 0 fully saturated rings. The van der Waals surface area contributed by atoms with Crippen molar-refractivity contribution in [3.05, 3.63) is 81.9 Å². The third kappa shape index (κ3) is 13.3. The monoisotopic (exact) mass is 795 g/mol. The Morgan fingerprint density at radius 1 is 1.20 bits per heavy atom. The lowest BCUT2D eigenvalue weighted by molar-refractivity contribution is -0.0243. The summed E-state index contributed by atoms with van der Waals surface area (Å²) in [4.78, 5) is 36.6. The summed E-state index contributed by atoms with van der Waals surface area (Å²) >= 11 is 1.32. The number of hydrogen-bond acceptors (Lipinski definition) is 10. The summed E-state index contributed by atoms with van der Waals surface area (Å²) in [6, 6.07) is 10.8. The number of halogens is 1. The predicted molar refractivity (Wildman–Crippen MR) is 217 cm³/mol. The molecule has 0 aliphatic carbocycles. The number of aromatic nitrogens is 3. The number of carbonyl (C=O) groups is 2. The molecule has 1 aliphatic heterocycles. The van der Waals surface area contributed by atoms with Gasteiger partial charge in [0.05, 0.1) is 33.1 Å². The standard InChI is InChI=1S/C28H26FN7O4S2.C10H22O.C2H6/c1-42(32,39)11-10-36-23-13-19(25(31)37)4-5-22(23)34-26(36)27(38)35-8-6-18(7-9-35)24-15-33-28(41-24)40-16-20-3-2-17(14-30)12-21(20)29;1-6-10(4,5)11-8-7-9(2)3;1-2/h2-6,12-13,15,32H,7-11,16H2,1H3,(H2,31,37);9H,6-8H2,1-5H3;1-2H3. The Balaban J connectivity index is 0.000000539. The highest BCUT2D eigenvalue weighted by Gasteiger charge is 2.26. The number of amides is 2. The number of ether oxygens (including phenoxy) is 2. The molecule has 0 spiro atoms. The van der Waals surface area contributed by atoms with Gasteiger partial charge < -0.3 is 24.7 Å². The maximum Gasteiger partial charge on any atom is 0.290 e.